The van der Waals surface area contributed by atoms with Crippen LogP contribution in [0.25, 0.3) is 0 Å². The van der Waals surface area contributed by atoms with Crippen molar-refractivity contribution in [1.82, 2.24) is 0 Å². The topological polar surface area (TPSA) is 80.3 Å². The minimum atomic E-state index is -0.596. The molecule has 0 radical (unpaired) electrons. The fraction of sp³-hybridized carbons (Fsp3) is 0.833. The first-order valence-electron chi connectivity index (χ1n) is 5.97. The molecule has 0 spiro atoms. The van der Waals surface area contributed by atoms with Crippen LogP contribution in [-0.2, 0) is 33.3 Å². The summed E-state index contributed by atoms with van der Waals surface area (Å²) in [6.45, 7) is 2.91. The molecule has 0 aromatic rings. The van der Waals surface area contributed by atoms with Crippen LogP contribution >= 0.6 is 0 Å². The van der Waals surface area contributed by atoms with Crippen molar-refractivity contribution in [3.05, 3.63) is 0 Å². The summed E-state index contributed by atoms with van der Waals surface area (Å²) >= 11 is 0. The van der Waals surface area contributed by atoms with Gasteiger partial charge in [0, 0.05) is 28.1 Å². The molecule has 1 heterocycles. The van der Waals surface area contributed by atoms with Gasteiger partial charge in [0.15, 0.2) is 6.10 Å². The number of rotatable bonds is 5. The van der Waals surface area contributed by atoms with Crippen LogP contribution in [0.1, 0.15) is 13.8 Å². The number of hydrogen-bond acceptors (Lipinski definition) is 7. The van der Waals surface area contributed by atoms with Crippen LogP contribution in [0.4, 0.5) is 0 Å². The number of esters is 2. The van der Waals surface area contributed by atoms with Gasteiger partial charge in [-0.15, -0.1) is 0 Å². The van der Waals surface area contributed by atoms with Crippen molar-refractivity contribution >= 4 is 11.9 Å². The third-order valence-corrected chi connectivity index (χ3v) is 2.86. The van der Waals surface area contributed by atoms with Gasteiger partial charge in [0.05, 0.1) is 6.61 Å². The Hall–Kier alpha value is -1.18. The first kappa shape index (κ1) is 15.9. The van der Waals surface area contributed by atoms with Crippen molar-refractivity contribution in [2.75, 3.05) is 27.4 Å². The van der Waals surface area contributed by atoms with E-state index in [2.05, 4.69) is 0 Å². The number of methoxy groups -OCH3 is 2. The monoisotopic (exact) mass is 276 g/mol. The van der Waals surface area contributed by atoms with Crippen molar-refractivity contribution in [3.63, 3.8) is 0 Å². The molecule has 0 aromatic carbocycles. The predicted octanol–water partition coefficient (Wildman–Crippen LogP) is -0.0900. The van der Waals surface area contributed by atoms with E-state index in [1.165, 1.54) is 28.1 Å². The standard InChI is InChI=1S/C12H20O7/c1-7(13)17-6-10-11(16-4)12(19-8(2)14)9(15-3)5-18-10/h9-12H,5-6H2,1-4H3/t9-,10+,11+,12+/m1/s1. The highest BCUT2D eigenvalue weighted by Gasteiger charge is 2.43. The quantitative estimate of drug-likeness (QED) is 0.649. The van der Waals surface area contributed by atoms with E-state index in [-0.39, 0.29) is 13.2 Å². The molecule has 1 aliphatic heterocycles. The lowest BCUT2D eigenvalue weighted by Crippen LogP contribution is -2.57. The maximum atomic E-state index is 11.1. The zero-order chi connectivity index (χ0) is 14.4. The summed E-state index contributed by atoms with van der Waals surface area (Å²) in [4.78, 5) is 22.0. The maximum Gasteiger partial charge on any atom is 0.303 e. The van der Waals surface area contributed by atoms with Crippen molar-refractivity contribution in [2.45, 2.75) is 38.3 Å². The number of ether oxygens (including phenoxy) is 5. The Morgan fingerprint density at radius 1 is 1.11 bits per heavy atom. The molecule has 0 saturated carbocycles. The molecule has 110 valence electrons. The fourth-order valence-corrected chi connectivity index (χ4v) is 2.00. The van der Waals surface area contributed by atoms with Crippen LogP contribution in [0.2, 0.25) is 0 Å². The van der Waals surface area contributed by atoms with Gasteiger partial charge in [0.25, 0.3) is 0 Å². The summed E-state index contributed by atoms with van der Waals surface area (Å²) in [5.41, 5.74) is 0. The molecule has 0 aliphatic carbocycles. The smallest absolute Gasteiger partial charge is 0.303 e. The minimum Gasteiger partial charge on any atom is -0.463 e. The van der Waals surface area contributed by atoms with E-state index >= 15 is 0 Å². The molecule has 0 unspecified atom stereocenters. The summed E-state index contributed by atoms with van der Waals surface area (Å²) in [5, 5.41) is 0. The van der Waals surface area contributed by atoms with E-state index in [0.717, 1.165) is 0 Å². The fourth-order valence-electron chi connectivity index (χ4n) is 2.00. The highest BCUT2D eigenvalue weighted by Crippen LogP contribution is 2.23. The van der Waals surface area contributed by atoms with E-state index in [1.54, 1.807) is 0 Å². The van der Waals surface area contributed by atoms with Crippen LogP contribution in [0, 0.1) is 0 Å². The van der Waals surface area contributed by atoms with Gasteiger partial charge in [0.2, 0.25) is 0 Å². The van der Waals surface area contributed by atoms with E-state index in [4.69, 9.17) is 23.7 Å². The summed E-state index contributed by atoms with van der Waals surface area (Å²) < 4.78 is 26.2. The molecule has 0 N–H and O–H groups in total. The highest BCUT2D eigenvalue weighted by atomic mass is 16.6. The van der Waals surface area contributed by atoms with Gasteiger partial charge in [-0.2, -0.15) is 0 Å². The molecule has 0 amide bonds. The lowest BCUT2D eigenvalue weighted by molar-refractivity contribution is -0.225. The lowest BCUT2D eigenvalue weighted by atomic mass is 10.00. The number of carbonyl (C=O) groups is 2. The molecule has 1 aliphatic rings. The highest BCUT2D eigenvalue weighted by molar-refractivity contribution is 5.66. The Bertz CT molecular complexity index is 317. The van der Waals surface area contributed by atoms with Gasteiger partial charge in [-0.1, -0.05) is 0 Å². The average molecular weight is 276 g/mol. The maximum absolute atomic E-state index is 11.1. The summed E-state index contributed by atoms with van der Waals surface area (Å²) in [6.07, 6.45) is -2.06. The Balaban J connectivity index is 2.75. The van der Waals surface area contributed by atoms with Crippen molar-refractivity contribution in [1.29, 1.82) is 0 Å². The molecular formula is C12H20O7. The van der Waals surface area contributed by atoms with Gasteiger partial charge in [-0.3, -0.25) is 9.59 Å². The second-order valence-electron chi connectivity index (χ2n) is 4.22. The lowest BCUT2D eigenvalue weighted by Gasteiger charge is -2.40. The summed E-state index contributed by atoms with van der Waals surface area (Å²) in [7, 11) is 2.98. The SMILES string of the molecule is CO[C@@H]1[C@@H](OC(C)=O)[C@H](OC)CO[C@H]1COC(C)=O. The molecule has 0 bridgehead atoms. The van der Waals surface area contributed by atoms with Gasteiger partial charge in [-0.05, 0) is 0 Å². The second-order valence-corrected chi connectivity index (χ2v) is 4.22. The third-order valence-electron chi connectivity index (χ3n) is 2.86. The Morgan fingerprint density at radius 3 is 2.26 bits per heavy atom. The molecule has 7 nitrogen and oxygen atoms in total. The number of carbonyl (C=O) groups excluding carboxylic acids is 2. The zero-order valence-electron chi connectivity index (χ0n) is 11.6. The minimum absolute atomic E-state index is 0.0437. The zero-order valence-corrected chi connectivity index (χ0v) is 11.6. The third kappa shape index (κ3) is 4.45. The Labute approximate surface area is 112 Å². The van der Waals surface area contributed by atoms with E-state index in [1.807, 2.05) is 0 Å². The Morgan fingerprint density at radius 2 is 1.79 bits per heavy atom. The van der Waals surface area contributed by atoms with Gasteiger partial charge < -0.3 is 23.7 Å². The molecule has 7 heteroatoms. The van der Waals surface area contributed by atoms with Crippen molar-refractivity contribution < 1.29 is 33.3 Å². The molecule has 1 saturated heterocycles. The molecule has 0 aromatic heterocycles. The molecule has 4 atom stereocenters. The molecule has 1 rings (SSSR count). The van der Waals surface area contributed by atoms with Crippen LogP contribution in [-0.4, -0.2) is 63.8 Å². The average Bonchev–Trinajstić information content (AvgIpc) is 2.35. The second kappa shape index (κ2) is 7.42. The molecular weight excluding hydrogens is 256 g/mol. The predicted molar refractivity (Wildman–Crippen MR) is 63.5 cm³/mol. The van der Waals surface area contributed by atoms with Gasteiger partial charge >= 0.3 is 11.9 Å². The van der Waals surface area contributed by atoms with Crippen molar-refractivity contribution in [2.24, 2.45) is 0 Å². The van der Waals surface area contributed by atoms with E-state index in [9.17, 15) is 9.59 Å². The first-order valence-corrected chi connectivity index (χ1v) is 5.97. The largest absolute Gasteiger partial charge is 0.463 e. The van der Waals surface area contributed by atoms with Gasteiger partial charge in [0.1, 0.15) is 24.9 Å². The van der Waals surface area contributed by atoms with Crippen LogP contribution in [0.3, 0.4) is 0 Å². The van der Waals surface area contributed by atoms with E-state index in [0.29, 0.717) is 0 Å². The van der Waals surface area contributed by atoms with Gasteiger partial charge in [-0.25, -0.2) is 0 Å². The molecule has 1 fully saturated rings. The first-order chi connectivity index (χ1) is 8.99. The van der Waals surface area contributed by atoms with Crippen LogP contribution < -0.4 is 0 Å². The molecule has 19 heavy (non-hydrogen) atoms. The van der Waals surface area contributed by atoms with Crippen LogP contribution in [0.5, 0.6) is 0 Å². The summed E-state index contributed by atoms with van der Waals surface area (Å²) in [6, 6.07) is 0. The normalized spacial score (nSPS) is 30.7. The number of hydrogen-bond donors (Lipinski definition) is 0. The van der Waals surface area contributed by atoms with E-state index < -0.39 is 36.4 Å². The summed E-state index contributed by atoms with van der Waals surface area (Å²) in [5.74, 6) is -0.835. The van der Waals surface area contributed by atoms with Crippen molar-refractivity contribution in [3.8, 4) is 0 Å². The Kier molecular flexibility index (Phi) is 6.20. The van der Waals surface area contributed by atoms with Crippen LogP contribution in [0.15, 0.2) is 0 Å².